The molecule has 3 aromatic rings. The first-order valence-electron chi connectivity index (χ1n) is 7.49. The van der Waals surface area contributed by atoms with Gasteiger partial charge in [-0.2, -0.15) is 5.10 Å². The van der Waals surface area contributed by atoms with Gasteiger partial charge in [-0.25, -0.2) is 32.8 Å². The van der Waals surface area contributed by atoms with Gasteiger partial charge in [0.05, 0.1) is 12.2 Å². The second-order valence-electron chi connectivity index (χ2n) is 5.73. The summed E-state index contributed by atoms with van der Waals surface area (Å²) in [5, 5.41) is 14.8. The van der Waals surface area contributed by atoms with Gasteiger partial charge in [-0.3, -0.25) is 0 Å². The molecule has 1 aromatic carbocycles. The van der Waals surface area contributed by atoms with Crippen molar-refractivity contribution >= 4 is 24.0 Å². The van der Waals surface area contributed by atoms with E-state index in [-0.39, 0.29) is 30.2 Å². The van der Waals surface area contributed by atoms with E-state index in [4.69, 9.17) is 11.6 Å². The highest BCUT2D eigenvalue weighted by atomic mass is 35.5. The Kier molecular flexibility index (Phi) is 6.40. The van der Waals surface area contributed by atoms with Crippen LogP contribution in [0.15, 0.2) is 37.2 Å². The summed E-state index contributed by atoms with van der Waals surface area (Å²) >= 11 is 5.69. The van der Waals surface area contributed by atoms with Gasteiger partial charge >= 0.3 is 0 Å². The van der Waals surface area contributed by atoms with Crippen LogP contribution in [0, 0.1) is 17.5 Å². The number of benzene rings is 1. The van der Waals surface area contributed by atoms with E-state index < -0.39 is 34.1 Å². The average Bonchev–Trinajstić information content (AvgIpc) is 3.09. The van der Waals surface area contributed by atoms with Crippen molar-refractivity contribution < 1.29 is 18.3 Å². The maximum absolute atomic E-state index is 14.4. The van der Waals surface area contributed by atoms with Gasteiger partial charge < -0.3 is 5.11 Å². The zero-order valence-electron chi connectivity index (χ0n) is 13.9. The first-order valence-corrected chi connectivity index (χ1v) is 7.87. The van der Waals surface area contributed by atoms with Gasteiger partial charge in [0.25, 0.3) is 0 Å². The van der Waals surface area contributed by atoms with E-state index in [0.717, 1.165) is 18.5 Å². The van der Waals surface area contributed by atoms with E-state index in [1.54, 1.807) is 0 Å². The second kappa shape index (κ2) is 8.20. The molecule has 27 heavy (non-hydrogen) atoms. The summed E-state index contributed by atoms with van der Waals surface area (Å²) in [6.45, 7) is 1.17. The van der Waals surface area contributed by atoms with Crippen molar-refractivity contribution in [2.45, 2.75) is 25.0 Å². The van der Waals surface area contributed by atoms with E-state index in [0.29, 0.717) is 6.07 Å². The van der Waals surface area contributed by atoms with E-state index in [1.165, 1.54) is 24.3 Å². The van der Waals surface area contributed by atoms with Crippen LogP contribution in [-0.2, 0) is 12.1 Å². The van der Waals surface area contributed by atoms with Crippen molar-refractivity contribution in [1.82, 2.24) is 24.7 Å². The van der Waals surface area contributed by atoms with Gasteiger partial charge in [-0.05, 0) is 6.07 Å². The normalized spacial score (nSPS) is 14.3. The lowest BCUT2D eigenvalue weighted by molar-refractivity contribution is -0.0133. The first kappa shape index (κ1) is 21.1. The molecule has 0 saturated heterocycles. The van der Waals surface area contributed by atoms with Crippen LogP contribution in [0.25, 0.3) is 0 Å². The monoisotopic (exact) mass is 419 g/mol. The van der Waals surface area contributed by atoms with Crippen LogP contribution in [0.2, 0.25) is 5.15 Å². The molecule has 6 nitrogen and oxygen atoms in total. The van der Waals surface area contributed by atoms with Crippen molar-refractivity contribution in [1.29, 1.82) is 0 Å². The fourth-order valence-corrected chi connectivity index (χ4v) is 2.89. The van der Waals surface area contributed by atoms with Gasteiger partial charge in [-0.1, -0.05) is 24.6 Å². The molecule has 0 bridgehead atoms. The molecule has 0 radical (unpaired) electrons. The molecule has 0 saturated carbocycles. The Bertz CT molecular complexity index is 928. The van der Waals surface area contributed by atoms with Crippen molar-refractivity contribution in [2.24, 2.45) is 0 Å². The first-order chi connectivity index (χ1) is 12.3. The number of aliphatic hydroxyl groups is 1. The van der Waals surface area contributed by atoms with E-state index in [1.807, 2.05) is 0 Å². The van der Waals surface area contributed by atoms with Crippen LogP contribution in [0.1, 0.15) is 24.1 Å². The molecule has 1 N–H and O–H groups in total. The molecule has 144 valence electrons. The van der Waals surface area contributed by atoms with Crippen molar-refractivity contribution in [2.75, 3.05) is 0 Å². The number of halogens is 5. The molecular weight excluding hydrogens is 406 g/mol. The predicted octanol–water partition coefficient (Wildman–Crippen LogP) is 3.25. The SMILES string of the molecule is C[C@@H](c1ncnc(Cl)c1F)[C@@](O)(Cn1cncn1)c1ccc(F)cc1F.Cl. The molecule has 3 rings (SSSR count). The minimum atomic E-state index is -2.02. The summed E-state index contributed by atoms with van der Waals surface area (Å²) in [6.07, 6.45) is 3.57. The molecule has 0 amide bonds. The summed E-state index contributed by atoms with van der Waals surface area (Å²) in [5.41, 5.74) is -2.48. The summed E-state index contributed by atoms with van der Waals surface area (Å²) in [4.78, 5) is 11.1. The number of aromatic nitrogens is 5. The Morgan fingerprint density at radius 2 is 1.96 bits per heavy atom. The fourth-order valence-electron chi connectivity index (χ4n) is 2.75. The van der Waals surface area contributed by atoms with Crippen LogP contribution in [0.3, 0.4) is 0 Å². The number of rotatable bonds is 5. The van der Waals surface area contributed by atoms with Crippen molar-refractivity contribution in [3.63, 3.8) is 0 Å². The Labute approximate surface area is 163 Å². The van der Waals surface area contributed by atoms with Crippen molar-refractivity contribution in [3.05, 3.63) is 71.0 Å². The Morgan fingerprint density at radius 3 is 2.59 bits per heavy atom. The van der Waals surface area contributed by atoms with Gasteiger partial charge in [0, 0.05) is 17.5 Å². The quantitative estimate of drug-likeness (QED) is 0.642. The van der Waals surface area contributed by atoms with Crippen LogP contribution in [0.5, 0.6) is 0 Å². The summed E-state index contributed by atoms with van der Waals surface area (Å²) in [7, 11) is 0. The highest BCUT2D eigenvalue weighted by molar-refractivity contribution is 6.29. The maximum Gasteiger partial charge on any atom is 0.182 e. The van der Waals surface area contributed by atoms with E-state index in [2.05, 4.69) is 20.1 Å². The largest absolute Gasteiger partial charge is 0.382 e. The van der Waals surface area contributed by atoms with E-state index in [9.17, 15) is 18.3 Å². The highest BCUT2D eigenvalue weighted by Gasteiger charge is 2.42. The van der Waals surface area contributed by atoms with Gasteiger partial charge in [0.1, 0.15) is 36.2 Å². The third-order valence-corrected chi connectivity index (χ3v) is 4.43. The molecule has 0 spiro atoms. The second-order valence-corrected chi connectivity index (χ2v) is 6.08. The zero-order valence-corrected chi connectivity index (χ0v) is 15.4. The summed E-state index contributed by atoms with van der Waals surface area (Å²) < 4.78 is 43.4. The van der Waals surface area contributed by atoms with Crippen LogP contribution in [0.4, 0.5) is 13.2 Å². The molecule has 11 heteroatoms. The standard InChI is InChI=1S/C16H13ClF3N5O.ClH/c1-9(14-13(20)15(17)23-7-22-14)16(26,5-25-8-21-6-24-25)11-3-2-10(18)4-12(11)19;/h2-4,6-9,26H,5H2,1H3;1H/t9-,16-;/m0./s1. The van der Waals surface area contributed by atoms with E-state index >= 15 is 0 Å². The molecule has 0 fully saturated rings. The third kappa shape index (κ3) is 4.05. The van der Waals surface area contributed by atoms with Gasteiger partial charge in [0.15, 0.2) is 11.0 Å². The molecular formula is C16H14Cl2F3N5O. The topological polar surface area (TPSA) is 76.7 Å². The molecule has 2 aromatic heterocycles. The maximum atomic E-state index is 14.4. The number of nitrogens with zero attached hydrogens (tertiary/aromatic N) is 5. The predicted molar refractivity (Wildman–Crippen MR) is 92.9 cm³/mol. The van der Waals surface area contributed by atoms with Gasteiger partial charge in [0.2, 0.25) is 0 Å². The fraction of sp³-hybridized carbons (Fsp3) is 0.250. The van der Waals surface area contributed by atoms with Crippen LogP contribution >= 0.6 is 24.0 Å². The summed E-state index contributed by atoms with van der Waals surface area (Å²) in [6, 6.07) is 2.73. The number of hydrogen-bond donors (Lipinski definition) is 1. The lowest BCUT2D eigenvalue weighted by Crippen LogP contribution is -2.39. The lowest BCUT2D eigenvalue weighted by Gasteiger charge is -2.34. The third-order valence-electron chi connectivity index (χ3n) is 4.17. The molecule has 0 unspecified atom stereocenters. The summed E-state index contributed by atoms with van der Waals surface area (Å²) in [5.74, 6) is -3.80. The minimum absolute atomic E-state index is 0. The van der Waals surface area contributed by atoms with Gasteiger partial charge in [-0.15, -0.1) is 12.4 Å². The molecule has 2 atom stereocenters. The minimum Gasteiger partial charge on any atom is -0.382 e. The smallest absolute Gasteiger partial charge is 0.182 e. The molecule has 0 aliphatic rings. The zero-order chi connectivity index (χ0) is 18.9. The molecule has 2 heterocycles. The Morgan fingerprint density at radius 1 is 1.22 bits per heavy atom. The highest BCUT2D eigenvalue weighted by Crippen LogP contribution is 2.40. The Hall–Kier alpha value is -2.23. The van der Waals surface area contributed by atoms with Crippen LogP contribution in [-0.4, -0.2) is 29.8 Å². The van der Waals surface area contributed by atoms with Crippen molar-refractivity contribution in [3.8, 4) is 0 Å². The van der Waals surface area contributed by atoms with Crippen LogP contribution < -0.4 is 0 Å². The average molecular weight is 420 g/mol. The lowest BCUT2D eigenvalue weighted by atomic mass is 9.79. The number of hydrogen-bond acceptors (Lipinski definition) is 5. The molecule has 0 aliphatic carbocycles. The molecule has 0 aliphatic heterocycles. The Balaban J connectivity index is 0.00000261.